The summed E-state index contributed by atoms with van der Waals surface area (Å²) >= 11 is 0. The fraction of sp³-hybridized carbons (Fsp3) is 0.0909. The number of benzene rings is 3. The number of hydrogen-bond donors (Lipinski definition) is 0. The molecule has 122 valence electrons. The standard InChI is InChI=1S/C22H19N3/c1-17-6-5-9-21(14-17)22(25-16-23-15-24-25)20-12-10-19(11-13-20)18-7-3-2-4-8-18/h2-16,22H,1H3. The number of aromatic nitrogens is 3. The Morgan fingerprint density at radius 1 is 0.760 bits per heavy atom. The van der Waals surface area contributed by atoms with Gasteiger partial charge >= 0.3 is 0 Å². The van der Waals surface area contributed by atoms with Crippen LogP contribution in [0.4, 0.5) is 0 Å². The fourth-order valence-electron chi connectivity index (χ4n) is 3.18. The lowest BCUT2D eigenvalue weighted by molar-refractivity contribution is 0.593. The number of hydrogen-bond acceptors (Lipinski definition) is 2. The van der Waals surface area contributed by atoms with Gasteiger partial charge in [-0.05, 0) is 29.2 Å². The smallest absolute Gasteiger partial charge is 0.137 e. The molecule has 4 aromatic rings. The lowest BCUT2D eigenvalue weighted by Gasteiger charge is -2.19. The maximum absolute atomic E-state index is 4.39. The summed E-state index contributed by atoms with van der Waals surface area (Å²) in [5.74, 6) is 0. The minimum atomic E-state index is 0.0206. The highest BCUT2D eigenvalue weighted by molar-refractivity contribution is 5.63. The Balaban J connectivity index is 1.75. The van der Waals surface area contributed by atoms with Gasteiger partial charge in [0.15, 0.2) is 0 Å². The van der Waals surface area contributed by atoms with Gasteiger partial charge in [-0.2, -0.15) is 5.10 Å². The maximum Gasteiger partial charge on any atom is 0.137 e. The van der Waals surface area contributed by atoms with E-state index >= 15 is 0 Å². The summed E-state index contributed by atoms with van der Waals surface area (Å²) in [6, 6.07) is 27.7. The van der Waals surface area contributed by atoms with Gasteiger partial charge in [0.05, 0.1) is 0 Å². The van der Waals surface area contributed by atoms with Gasteiger partial charge < -0.3 is 0 Å². The average molecular weight is 325 g/mol. The van der Waals surface area contributed by atoms with Gasteiger partial charge in [-0.1, -0.05) is 84.4 Å². The summed E-state index contributed by atoms with van der Waals surface area (Å²) in [7, 11) is 0. The van der Waals surface area contributed by atoms with E-state index in [9.17, 15) is 0 Å². The van der Waals surface area contributed by atoms with Crippen LogP contribution < -0.4 is 0 Å². The molecule has 0 amide bonds. The summed E-state index contributed by atoms with van der Waals surface area (Å²) in [6.07, 6.45) is 3.36. The van der Waals surface area contributed by atoms with E-state index in [0.717, 1.165) is 0 Å². The van der Waals surface area contributed by atoms with Gasteiger partial charge in [0.1, 0.15) is 18.7 Å². The summed E-state index contributed by atoms with van der Waals surface area (Å²) in [6.45, 7) is 2.11. The number of nitrogens with zero attached hydrogens (tertiary/aromatic N) is 3. The van der Waals surface area contributed by atoms with E-state index in [2.05, 4.69) is 89.8 Å². The molecule has 0 saturated heterocycles. The van der Waals surface area contributed by atoms with Crippen LogP contribution in [0.2, 0.25) is 0 Å². The lowest BCUT2D eigenvalue weighted by atomic mass is 9.95. The second-order valence-corrected chi connectivity index (χ2v) is 6.18. The normalized spacial score (nSPS) is 12.0. The fourth-order valence-corrected chi connectivity index (χ4v) is 3.18. The third kappa shape index (κ3) is 3.22. The Bertz CT molecular complexity index is 942. The van der Waals surface area contributed by atoms with Crippen molar-refractivity contribution in [1.82, 2.24) is 14.8 Å². The van der Waals surface area contributed by atoms with E-state index in [1.54, 1.807) is 12.7 Å². The van der Waals surface area contributed by atoms with E-state index < -0.39 is 0 Å². The van der Waals surface area contributed by atoms with Crippen molar-refractivity contribution in [2.75, 3.05) is 0 Å². The van der Waals surface area contributed by atoms with Gasteiger partial charge in [0, 0.05) is 0 Å². The van der Waals surface area contributed by atoms with Gasteiger partial charge in [-0.25, -0.2) is 9.67 Å². The molecule has 0 aliphatic heterocycles. The first-order chi connectivity index (χ1) is 12.3. The van der Waals surface area contributed by atoms with Crippen molar-refractivity contribution in [2.45, 2.75) is 13.0 Å². The molecule has 25 heavy (non-hydrogen) atoms. The number of rotatable bonds is 4. The molecule has 0 N–H and O–H groups in total. The third-order valence-electron chi connectivity index (χ3n) is 4.39. The predicted octanol–water partition coefficient (Wildman–Crippen LogP) is 4.89. The van der Waals surface area contributed by atoms with Crippen LogP contribution in [0.5, 0.6) is 0 Å². The maximum atomic E-state index is 4.39. The molecule has 0 radical (unpaired) electrons. The first kappa shape index (κ1) is 15.3. The Hall–Kier alpha value is -3.20. The summed E-state index contributed by atoms with van der Waals surface area (Å²) in [5.41, 5.74) is 6.07. The van der Waals surface area contributed by atoms with Crippen LogP contribution in [0.1, 0.15) is 22.7 Å². The second kappa shape index (κ2) is 6.73. The van der Waals surface area contributed by atoms with E-state index in [1.807, 2.05) is 10.7 Å². The van der Waals surface area contributed by atoms with Gasteiger partial charge in [-0.15, -0.1) is 0 Å². The van der Waals surface area contributed by atoms with Crippen molar-refractivity contribution < 1.29 is 0 Å². The predicted molar refractivity (Wildman–Crippen MR) is 100 cm³/mol. The highest BCUT2D eigenvalue weighted by atomic mass is 15.3. The van der Waals surface area contributed by atoms with Crippen LogP contribution in [0.3, 0.4) is 0 Å². The highest BCUT2D eigenvalue weighted by Gasteiger charge is 2.17. The molecule has 1 heterocycles. The molecule has 1 atom stereocenters. The van der Waals surface area contributed by atoms with E-state index in [1.165, 1.54) is 27.8 Å². The second-order valence-electron chi connectivity index (χ2n) is 6.18. The van der Waals surface area contributed by atoms with Crippen molar-refractivity contribution in [3.8, 4) is 11.1 Å². The molecule has 0 aliphatic rings. The Morgan fingerprint density at radius 3 is 2.20 bits per heavy atom. The molecule has 1 aromatic heterocycles. The quantitative estimate of drug-likeness (QED) is 0.535. The molecule has 0 saturated carbocycles. The van der Waals surface area contributed by atoms with Crippen molar-refractivity contribution in [3.63, 3.8) is 0 Å². The van der Waals surface area contributed by atoms with Gasteiger partial charge in [0.25, 0.3) is 0 Å². The minimum Gasteiger partial charge on any atom is -0.241 e. The first-order valence-electron chi connectivity index (χ1n) is 8.37. The molecule has 3 heteroatoms. The average Bonchev–Trinajstić information content (AvgIpc) is 3.18. The zero-order valence-electron chi connectivity index (χ0n) is 14.1. The Labute approximate surface area is 147 Å². The summed E-state index contributed by atoms with van der Waals surface area (Å²) < 4.78 is 1.91. The van der Waals surface area contributed by atoms with Crippen LogP contribution in [0.15, 0.2) is 91.5 Å². The monoisotopic (exact) mass is 325 g/mol. The van der Waals surface area contributed by atoms with E-state index in [0.29, 0.717) is 0 Å². The van der Waals surface area contributed by atoms with E-state index in [-0.39, 0.29) is 6.04 Å². The van der Waals surface area contributed by atoms with Gasteiger partial charge in [0.2, 0.25) is 0 Å². The zero-order chi connectivity index (χ0) is 17.1. The van der Waals surface area contributed by atoms with Crippen molar-refractivity contribution in [2.24, 2.45) is 0 Å². The molecule has 4 rings (SSSR count). The molecular weight excluding hydrogens is 306 g/mol. The molecular formula is C22H19N3. The third-order valence-corrected chi connectivity index (χ3v) is 4.39. The lowest BCUT2D eigenvalue weighted by Crippen LogP contribution is -2.13. The van der Waals surface area contributed by atoms with Crippen LogP contribution in [0.25, 0.3) is 11.1 Å². The summed E-state index contributed by atoms with van der Waals surface area (Å²) in [4.78, 5) is 4.13. The summed E-state index contributed by atoms with van der Waals surface area (Å²) in [5, 5.41) is 4.39. The molecule has 3 nitrogen and oxygen atoms in total. The highest BCUT2D eigenvalue weighted by Crippen LogP contribution is 2.28. The van der Waals surface area contributed by atoms with Crippen molar-refractivity contribution in [3.05, 3.63) is 108 Å². The topological polar surface area (TPSA) is 30.7 Å². The SMILES string of the molecule is Cc1cccc(C(c2ccc(-c3ccccc3)cc2)n2cncn2)c1. The molecule has 1 unspecified atom stereocenters. The zero-order valence-corrected chi connectivity index (χ0v) is 14.1. The van der Waals surface area contributed by atoms with Crippen LogP contribution in [-0.4, -0.2) is 14.8 Å². The molecule has 3 aromatic carbocycles. The van der Waals surface area contributed by atoms with Crippen molar-refractivity contribution in [1.29, 1.82) is 0 Å². The van der Waals surface area contributed by atoms with Crippen LogP contribution >= 0.6 is 0 Å². The van der Waals surface area contributed by atoms with Gasteiger partial charge in [-0.3, -0.25) is 0 Å². The minimum absolute atomic E-state index is 0.0206. The molecule has 0 fully saturated rings. The number of aryl methyl sites for hydroxylation is 1. The van der Waals surface area contributed by atoms with Crippen LogP contribution in [0, 0.1) is 6.92 Å². The molecule has 0 aliphatic carbocycles. The largest absolute Gasteiger partial charge is 0.241 e. The first-order valence-corrected chi connectivity index (χ1v) is 8.37. The Morgan fingerprint density at radius 2 is 1.52 bits per heavy atom. The molecule has 0 spiro atoms. The van der Waals surface area contributed by atoms with Crippen molar-refractivity contribution >= 4 is 0 Å². The molecule has 0 bridgehead atoms. The van der Waals surface area contributed by atoms with Crippen LogP contribution in [-0.2, 0) is 0 Å². The van der Waals surface area contributed by atoms with E-state index in [4.69, 9.17) is 0 Å². The Kier molecular flexibility index (Phi) is 4.13.